The summed E-state index contributed by atoms with van der Waals surface area (Å²) in [6, 6.07) is 11.7. The second kappa shape index (κ2) is 5.97. The fraction of sp³-hybridized carbons (Fsp3) is 0.368. The number of hydrogen-bond acceptors (Lipinski definition) is 0. The third kappa shape index (κ3) is 2.99. The lowest BCUT2D eigenvalue weighted by atomic mass is 9.79. The molecule has 0 unspecified atom stereocenters. The predicted molar refractivity (Wildman–Crippen MR) is 82.2 cm³/mol. The van der Waals surface area contributed by atoms with Gasteiger partial charge < -0.3 is 0 Å². The summed E-state index contributed by atoms with van der Waals surface area (Å²) in [5.41, 5.74) is 1.97. The van der Waals surface area contributed by atoms with Crippen molar-refractivity contribution >= 4 is 0 Å². The zero-order valence-electron chi connectivity index (χ0n) is 12.3. The van der Waals surface area contributed by atoms with Gasteiger partial charge in [-0.3, -0.25) is 0 Å². The van der Waals surface area contributed by atoms with E-state index in [1.165, 1.54) is 49.4 Å². The Balaban J connectivity index is 1.84. The van der Waals surface area contributed by atoms with E-state index in [-0.39, 0.29) is 5.56 Å². The molecule has 0 aromatic heterocycles. The van der Waals surface area contributed by atoms with Crippen molar-refractivity contribution in [3.8, 4) is 11.1 Å². The van der Waals surface area contributed by atoms with Crippen LogP contribution in [0, 0.1) is 17.6 Å². The largest absolute Gasteiger partial charge is 0.206 e. The van der Waals surface area contributed by atoms with E-state index in [4.69, 9.17) is 0 Å². The Hall–Kier alpha value is -1.70. The molecule has 0 heterocycles. The van der Waals surface area contributed by atoms with Gasteiger partial charge in [-0.05, 0) is 47.9 Å². The molecule has 0 atom stereocenters. The minimum atomic E-state index is -0.505. The summed E-state index contributed by atoms with van der Waals surface area (Å²) in [5, 5.41) is 0. The van der Waals surface area contributed by atoms with Crippen molar-refractivity contribution in [1.82, 2.24) is 0 Å². The van der Waals surface area contributed by atoms with E-state index in [1.54, 1.807) is 0 Å². The van der Waals surface area contributed by atoms with Gasteiger partial charge in [0.05, 0.1) is 5.56 Å². The molecule has 0 radical (unpaired) electrons. The quantitative estimate of drug-likeness (QED) is 0.642. The van der Waals surface area contributed by atoms with E-state index >= 15 is 0 Å². The standard InChI is InChI=1S/C19H20F2/c1-13-5-7-14(8-6-13)15-9-11-16(12-10-15)19-17(20)3-2-4-18(19)21/h2-4,9-14H,5-8H2,1H3. The third-order valence-electron chi connectivity index (χ3n) is 4.65. The van der Waals surface area contributed by atoms with Gasteiger partial charge in [-0.15, -0.1) is 0 Å². The van der Waals surface area contributed by atoms with Crippen LogP contribution in [0.1, 0.15) is 44.1 Å². The molecule has 0 amide bonds. The van der Waals surface area contributed by atoms with Crippen LogP contribution in [-0.4, -0.2) is 0 Å². The molecule has 0 bridgehead atoms. The molecule has 110 valence electrons. The molecule has 0 spiro atoms. The molecule has 1 saturated carbocycles. The molecule has 1 aliphatic carbocycles. The Morgan fingerprint density at radius 2 is 1.38 bits per heavy atom. The topological polar surface area (TPSA) is 0 Å². The van der Waals surface area contributed by atoms with Crippen molar-refractivity contribution in [2.24, 2.45) is 5.92 Å². The zero-order chi connectivity index (χ0) is 14.8. The first-order valence-corrected chi connectivity index (χ1v) is 7.69. The normalized spacial score (nSPS) is 22.2. The molecule has 2 aromatic carbocycles. The number of hydrogen-bond donors (Lipinski definition) is 0. The summed E-state index contributed by atoms with van der Waals surface area (Å²) in [4.78, 5) is 0. The number of rotatable bonds is 2. The van der Waals surface area contributed by atoms with E-state index in [1.807, 2.05) is 24.3 Å². The Morgan fingerprint density at radius 3 is 1.95 bits per heavy atom. The predicted octanol–water partition coefficient (Wildman–Crippen LogP) is 5.93. The fourth-order valence-electron chi connectivity index (χ4n) is 3.29. The van der Waals surface area contributed by atoms with Crippen molar-refractivity contribution in [3.05, 3.63) is 59.7 Å². The first-order valence-electron chi connectivity index (χ1n) is 7.69. The molecule has 0 aliphatic heterocycles. The Labute approximate surface area is 124 Å². The molecular formula is C19H20F2. The Bertz CT molecular complexity index is 588. The van der Waals surface area contributed by atoms with E-state index < -0.39 is 11.6 Å². The highest BCUT2D eigenvalue weighted by Crippen LogP contribution is 2.36. The van der Waals surface area contributed by atoms with E-state index in [9.17, 15) is 8.78 Å². The minimum absolute atomic E-state index is 0.0707. The van der Waals surface area contributed by atoms with E-state index in [0.717, 1.165) is 5.92 Å². The fourth-order valence-corrected chi connectivity index (χ4v) is 3.29. The van der Waals surface area contributed by atoms with Gasteiger partial charge in [0.15, 0.2) is 0 Å². The van der Waals surface area contributed by atoms with Gasteiger partial charge in [0.2, 0.25) is 0 Å². The summed E-state index contributed by atoms with van der Waals surface area (Å²) in [6.07, 6.45) is 4.98. The maximum atomic E-state index is 13.8. The average Bonchev–Trinajstić information content (AvgIpc) is 2.49. The molecule has 0 N–H and O–H groups in total. The van der Waals surface area contributed by atoms with Crippen molar-refractivity contribution in [1.29, 1.82) is 0 Å². The molecule has 1 fully saturated rings. The summed E-state index contributed by atoms with van der Waals surface area (Å²) in [6.45, 7) is 2.31. The molecule has 2 aromatic rings. The monoisotopic (exact) mass is 286 g/mol. The van der Waals surface area contributed by atoms with Crippen LogP contribution in [0.15, 0.2) is 42.5 Å². The van der Waals surface area contributed by atoms with Crippen LogP contribution in [-0.2, 0) is 0 Å². The van der Waals surface area contributed by atoms with Crippen LogP contribution in [0.3, 0.4) is 0 Å². The van der Waals surface area contributed by atoms with Gasteiger partial charge in [-0.1, -0.05) is 50.1 Å². The van der Waals surface area contributed by atoms with E-state index in [2.05, 4.69) is 6.92 Å². The van der Waals surface area contributed by atoms with Crippen molar-refractivity contribution in [2.45, 2.75) is 38.5 Å². The lowest BCUT2D eigenvalue weighted by Gasteiger charge is -2.26. The molecule has 0 nitrogen and oxygen atoms in total. The lowest BCUT2D eigenvalue weighted by molar-refractivity contribution is 0.348. The van der Waals surface area contributed by atoms with Crippen LogP contribution in [0.2, 0.25) is 0 Å². The highest BCUT2D eigenvalue weighted by Gasteiger charge is 2.20. The van der Waals surface area contributed by atoms with Crippen molar-refractivity contribution in [3.63, 3.8) is 0 Å². The number of halogens is 2. The van der Waals surface area contributed by atoms with Crippen molar-refractivity contribution < 1.29 is 8.78 Å². The Kier molecular flexibility index (Phi) is 4.05. The molecule has 21 heavy (non-hydrogen) atoms. The highest BCUT2D eigenvalue weighted by molar-refractivity contribution is 5.65. The summed E-state index contributed by atoms with van der Waals surface area (Å²) < 4.78 is 27.6. The highest BCUT2D eigenvalue weighted by atomic mass is 19.1. The third-order valence-corrected chi connectivity index (χ3v) is 4.65. The van der Waals surface area contributed by atoms with Crippen LogP contribution >= 0.6 is 0 Å². The van der Waals surface area contributed by atoms with E-state index in [0.29, 0.717) is 11.5 Å². The summed E-state index contributed by atoms with van der Waals surface area (Å²) in [7, 11) is 0. The van der Waals surface area contributed by atoms with Gasteiger partial charge >= 0.3 is 0 Å². The van der Waals surface area contributed by atoms with Gasteiger partial charge in [0, 0.05) is 0 Å². The first kappa shape index (κ1) is 14.2. The Morgan fingerprint density at radius 1 is 0.810 bits per heavy atom. The molecule has 1 aliphatic rings. The lowest BCUT2D eigenvalue weighted by Crippen LogP contribution is -2.10. The second-order valence-electron chi connectivity index (χ2n) is 6.18. The second-order valence-corrected chi connectivity index (χ2v) is 6.18. The summed E-state index contributed by atoms with van der Waals surface area (Å²) in [5.74, 6) is 0.414. The van der Waals surface area contributed by atoms with Crippen LogP contribution in [0.5, 0.6) is 0 Å². The zero-order valence-corrected chi connectivity index (χ0v) is 12.3. The van der Waals surface area contributed by atoms with Gasteiger partial charge in [-0.25, -0.2) is 8.78 Å². The average molecular weight is 286 g/mol. The van der Waals surface area contributed by atoms with Crippen LogP contribution < -0.4 is 0 Å². The smallest absolute Gasteiger partial charge is 0.133 e. The summed E-state index contributed by atoms with van der Waals surface area (Å²) >= 11 is 0. The molecule has 3 rings (SSSR count). The first-order chi connectivity index (χ1) is 10.1. The maximum Gasteiger partial charge on any atom is 0.133 e. The maximum absolute atomic E-state index is 13.8. The molecule has 2 heteroatoms. The van der Waals surface area contributed by atoms with Crippen LogP contribution in [0.25, 0.3) is 11.1 Å². The van der Waals surface area contributed by atoms with Gasteiger partial charge in [-0.2, -0.15) is 0 Å². The van der Waals surface area contributed by atoms with Crippen LogP contribution in [0.4, 0.5) is 8.78 Å². The SMILES string of the molecule is CC1CCC(c2ccc(-c3c(F)cccc3F)cc2)CC1. The molecular weight excluding hydrogens is 266 g/mol. The number of benzene rings is 2. The van der Waals surface area contributed by atoms with Gasteiger partial charge in [0.1, 0.15) is 11.6 Å². The minimum Gasteiger partial charge on any atom is -0.206 e. The van der Waals surface area contributed by atoms with Gasteiger partial charge in [0.25, 0.3) is 0 Å². The van der Waals surface area contributed by atoms with Crippen molar-refractivity contribution in [2.75, 3.05) is 0 Å². The molecule has 0 saturated heterocycles.